The summed E-state index contributed by atoms with van der Waals surface area (Å²) in [5.74, 6) is 0.0714. The zero-order chi connectivity index (χ0) is 18.8. The van der Waals surface area contributed by atoms with Crippen LogP contribution in [0.3, 0.4) is 0 Å². The van der Waals surface area contributed by atoms with Crippen LogP contribution < -0.4 is 21.3 Å². The number of anilines is 1. The Hall–Kier alpha value is -3.06. The second kappa shape index (κ2) is 7.05. The Morgan fingerprint density at radius 3 is 2.62 bits per heavy atom. The first-order valence-corrected chi connectivity index (χ1v) is 8.12. The van der Waals surface area contributed by atoms with Crippen LogP contribution in [0.4, 0.5) is 5.69 Å². The molecule has 0 atom stereocenters. The second-order valence-electron chi connectivity index (χ2n) is 5.65. The Balaban J connectivity index is 1.94. The van der Waals surface area contributed by atoms with E-state index in [0.717, 1.165) is 4.57 Å². The molecule has 0 aliphatic heterocycles. The van der Waals surface area contributed by atoms with Crippen LogP contribution in [-0.2, 0) is 18.4 Å². The average molecular weight is 374 g/mol. The van der Waals surface area contributed by atoms with Gasteiger partial charge in [0.25, 0.3) is 5.56 Å². The first-order valence-electron chi connectivity index (χ1n) is 7.74. The van der Waals surface area contributed by atoms with Crippen LogP contribution in [0.2, 0.25) is 5.02 Å². The summed E-state index contributed by atoms with van der Waals surface area (Å²) in [5, 5.41) is 3.41. The molecule has 0 saturated heterocycles. The summed E-state index contributed by atoms with van der Waals surface area (Å²) in [7, 11) is 2.88. The van der Waals surface area contributed by atoms with Gasteiger partial charge >= 0.3 is 5.69 Å². The highest BCUT2D eigenvalue weighted by molar-refractivity contribution is 6.32. The van der Waals surface area contributed by atoms with Crippen molar-refractivity contribution in [2.45, 2.75) is 6.54 Å². The van der Waals surface area contributed by atoms with Gasteiger partial charge < -0.3 is 10.1 Å². The zero-order valence-electron chi connectivity index (χ0n) is 14.2. The maximum absolute atomic E-state index is 12.4. The minimum absolute atomic E-state index is 0.239. The number of amides is 1. The van der Waals surface area contributed by atoms with E-state index in [9.17, 15) is 14.4 Å². The first kappa shape index (κ1) is 17.8. The molecule has 1 heterocycles. The summed E-state index contributed by atoms with van der Waals surface area (Å²) in [4.78, 5) is 37.0. The van der Waals surface area contributed by atoms with Gasteiger partial charge in [0.1, 0.15) is 12.3 Å². The molecule has 0 aliphatic carbocycles. The molecule has 8 heteroatoms. The van der Waals surface area contributed by atoms with Gasteiger partial charge in [-0.05, 0) is 30.3 Å². The predicted molar refractivity (Wildman–Crippen MR) is 100 cm³/mol. The Morgan fingerprint density at radius 1 is 1.19 bits per heavy atom. The maximum Gasteiger partial charge on any atom is 0.331 e. The Kier molecular flexibility index (Phi) is 4.81. The topological polar surface area (TPSA) is 82.3 Å². The summed E-state index contributed by atoms with van der Waals surface area (Å²) in [5.41, 5.74) is -0.0766. The van der Waals surface area contributed by atoms with E-state index in [1.165, 1.54) is 18.7 Å². The highest BCUT2D eigenvalue weighted by atomic mass is 35.5. The van der Waals surface area contributed by atoms with Gasteiger partial charge in [-0.25, -0.2) is 4.79 Å². The van der Waals surface area contributed by atoms with Gasteiger partial charge in [-0.3, -0.25) is 18.7 Å². The number of nitrogens with zero attached hydrogens (tertiary/aromatic N) is 2. The minimum Gasteiger partial charge on any atom is -0.495 e. The molecular weight excluding hydrogens is 358 g/mol. The number of nitrogens with one attached hydrogen (secondary N) is 1. The van der Waals surface area contributed by atoms with E-state index in [1.807, 2.05) is 0 Å². The van der Waals surface area contributed by atoms with Gasteiger partial charge in [0.15, 0.2) is 0 Å². The molecule has 2 aromatic carbocycles. The largest absolute Gasteiger partial charge is 0.495 e. The number of carbonyl (C=O) groups is 1. The number of para-hydroxylation sites is 1. The number of aromatic nitrogens is 2. The van der Waals surface area contributed by atoms with Crippen LogP contribution in [0, 0.1) is 0 Å². The van der Waals surface area contributed by atoms with E-state index < -0.39 is 17.2 Å². The van der Waals surface area contributed by atoms with Crippen molar-refractivity contribution in [1.29, 1.82) is 0 Å². The van der Waals surface area contributed by atoms with Gasteiger partial charge in [-0.15, -0.1) is 0 Å². The van der Waals surface area contributed by atoms with E-state index in [-0.39, 0.29) is 6.54 Å². The second-order valence-corrected chi connectivity index (χ2v) is 6.05. The minimum atomic E-state index is -0.559. The third-order valence-corrected chi connectivity index (χ3v) is 4.28. The summed E-state index contributed by atoms with van der Waals surface area (Å²) in [6.45, 7) is -0.239. The molecule has 26 heavy (non-hydrogen) atoms. The fraction of sp³-hybridized carbons (Fsp3) is 0.167. The monoisotopic (exact) mass is 373 g/mol. The van der Waals surface area contributed by atoms with Crippen molar-refractivity contribution in [3.8, 4) is 5.75 Å². The molecule has 0 unspecified atom stereocenters. The molecule has 7 nitrogen and oxygen atoms in total. The molecule has 0 bridgehead atoms. The van der Waals surface area contributed by atoms with E-state index in [0.29, 0.717) is 27.4 Å². The number of fused-ring (bicyclic) bond motifs is 1. The fourth-order valence-electron chi connectivity index (χ4n) is 2.68. The number of hydrogen-bond donors (Lipinski definition) is 1. The molecule has 3 aromatic rings. The highest BCUT2D eigenvalue weighted by Crippen LogP contribution is 2.27. The molecule has 0 radical (unpaired) electrons. The number of methoxy groups -OCH3 is 1. The predicted octanol–water partition coefficient (Wildman–Crippen LogP) is 2.00. The van der Waals surface area contributed by atoms with E-state index in [1.54, 1.807) is 42.5 Å². The van der Waals surface area contributed by atoms with Crippen LogP contribution in [-0.4, -0.2) is 22.2 Å². The molecule has 1 aromatic heterocycles. The zero-order valence-corrected chi connectivity index (χ0v) is 14.9. The number of hydrogen-bond acceptors (Lipinski definition) is 4. The molecule has 0 fully saturated rings. The quantitative estimate of drug-likeness (QED) is 0.758. The maximum atomic E-state index is 12.4. The lowest BCUT2D eigenvalue weighted by atomic mass is 10.2. The number of ether oxygens (including phenoxy) is 1. The fourth-order valence-corrected chi connectivity index (χ4v) is 2.94. The third kappa shape index (κ3) is 3.21. The van der Waals surface area contributed by atoms with Crippen molar-refractivity contribution >= 4 is 34.1 Å². The van der Waals surface area contributed by atoms with Crippen molar-refractivity contribution in [3.05, 3.63) is 68.3 Å². The summed E-state index contributed by atoms with van der Waals surface area (Å²) < 4.78 is 7.31. The van der Waals surface area contributed by atoms with Gasteiger partial charge in [0.05, 0.1) is 23.0 Å². The lowest BCUT2D eigenvalue weighted by molar-refractivity contribution is -0.116. The van der Waals surface area contributed by atoms with Crippen LogP contribution in [0.5, 0.6) is 5.75 Å². The molecular formula is C18H16ClN3O4. The van der Waals surface area contributed by atoms with Gasteiger partial charge in [-0.1, -0.05) is 23.7 Å². The highest BCUT2D eigenvalue weighted by Gasteiger charge is 2.13. The third-order valence-electron chi connectivity index (χ3n) is 3.98. The smallest absolute Gasteiger partial charge is 0.331 e. The Morgan fingerprint density at radius 2 is 1.92 bits per heavy atom. The number of halogens is 1. The summed E-state index contributed by atoms with van der Waals surface area (Å²) in [6.07, 6.45) is 0. The van der Waals surface area contributed by atoms with E-state index in [2.05, 4.69) is 5.32 Å². The van der Waals surface area contributed by atoms with Crippen LogP contribution >= 0.6 is 11.6 Å². The van der Waals surface area contributed by atoms with Crippen molar-refractivity contribution in [2.75, 3.05) is 12.4 Å². The first-order chi connectivity index (χ1) is 12.4. The van der Waals surface area contributed by atoms with Crippen molar-refractivity contribution in [3.63, 3.8) is 0 Å². The SMILES string of the molecule is COc1ccc(NC(=O)Cn2c(=O)n(C)c(=O)c3ccccc32)cc1Cl. The van der Waals surface area contributed by atoms with Crippen LogP contribution in [0.15, 0.2) is 52.1 Å². The molecule has 3 rings (SSSR count). The van der Waals surface area contributed by atoms with Crippen LogP contribution in [0.1, 0.15) is 0 Å². The van der Waals surface area contributed by atoms with Gasteiger partial charge in [0, 0.05) is 12.7 Å². The number of benzene rings is 2. The van der Waals surface area contributed by atoms with Crippen molar-refractivity contribution < 1.29 is 9.53 Å². The molecule has 1 amide bonds. The number of carbonyl (C=O) groups excluding carboxylic acids is 1. The summed E-state index contributed by atoms with van der Waals surface area (Å²) >= 11 is 6.05. The Bertz CT molecular complexity index is 1120. The molecule has 0 saturated carbocycles. The standard InChI is InChI=1S/C18H16ClN3O4/c1-21-17(24)12-5-3-4-6-14(12)22(18(21)25)10-16(23)20-11-7-8-15(26-2)13(19)9-11/h3-9H,10H2,1-2H3,(H,20,23). The molecule has 0 spiro atoms. The lowest BCUT2D eigenvalue weighted by Gasteiger charge is -2.12. The normalized spacial score (nSPS) is 10.7. The molecule has 134 valence electrons. The number of rotatable bonds is 4. The van der Waals surface area contributed by atoms with E-state index in [4.69, 9.17) is 16.3 Å². The summed E-state index contributed by atoms with van der Waals surface area (Å²) in [6, 6.07) is 11.5. The van der Waals surface area contributed by atoms with Gasteiger partial charge in [0.2, 0.25) is 5.91 Å². The van der Waals surface area contributed by atoms with E-state index >= 15 is 0 Å². The van der Waals surface area contributed by atoms with Crippen molar-refractivity contribution in [1.82, 2.24) is 9.13 Å². The molecule has 0 aliphatic rings. The van der Waals surface area contributed by atoms with Crippen LogP contribution in [0.25, 0.3) is 10.9 Å². The Labute approximate surface area is 153 Å². The van der Waals surface area contributed by atoms with Gasteiger partial charge in [-0.2, -0.15) is 0 Å². The van der Waals surface area contributed by atoms with Crippen molar-refractivity contribution in [2.24, 2.45) is 7.05 Å². The lowest BCUT2D eigenvalue weighted by Crippen LogP contribution is -2.40. The molecule has 1 N–H and O–H groups in total. The average Bonchev–Trinajstić information content (AvgIpc) is 2.63.